The van der Waals surface area contributed by atoms with Crippen molar-refractivity contribution in [3.8, 4) is 0 Å². The van der Waals surface area contributed by atoms with E-state index in [1.807, 2.05) is 0 Å². The zero-order chi connectivity index (χ0) is 24.7. The van der Waals surface area contributed by atoms with E-state index >= 15 is 0 Å². The van der Waals surface area contributed by atoms with Gasteiger partial charge in [-0.1, -0.05) is 60.1 Å². The van der Waals surface area contributed by atoms with E-state index in [2.05, 4.69) is 10.6 Å². The van der Waals surface area contributed by atoms with Crippen molar-refractivity contribution >= 4 is 35.1 Å². The lowest BCUT2D eigenvalue weighted by Crippen LogP contribution is -2.33. The van der Waals surface area contributed by atoms with Crippen LogP contribution in [-0.4, -0.2) is 24.3 Å². The monoisotopic (exact) mass is 490 g/mol. The lowest BCUT2D eigenvalue weighted by Gasteiger charge is -2.20. The fourth-order valence-corrected chi connectivity index (χ4v) is 3.15. The molecule has 2 amide bonds. The molecule has 3 aromatic carbocycles. The van der Waals surface area contributed by atoms with Gasteiger partial charge in [0.05, 0.1) is 11.3 Å². The van der Waals surface area contributed by atoms with Gasteiger partial charge >= 0.3 is 12.1 Å². The van der Waals surface area contributed by atoms with Crippen LogP contribution in [0, 0.1) is 0 Å². The minimum atomic E-state index is -4.78. The van der Waals surface area contributed by atoms with Crippen LogP contribution in [-0.2, 0) is 20.5 Å². The highest BCUT2D eigenvalue weighted by Crippen LogP contribution is 2.37. The van der Waals surface area contributed by atoms with E-state index in [0.717, 1.165) is 6.07 Å². The van der Waals surface area contributed by atoms with Gasteiger partial charge in [-0.15, -0.1) is 0 Å². The summed E-state index contributed by atoms with van der Waals surface area (Å²) in [4.78, 5) is 37.4. The molecule has 3 rings (SSSR count). The normalized spacial score (nSPS) is 11.9. The molecule has 0 radical (unpaired) electrons. The van der Waals surface area contributed by atoms with E-state index in [0.29, 0.717) is 11.6 Å². The van der Waals surface area contributed by atoms with Crippen molar-refractivity contribution in [1.82, 2.24) is 5.32 Å². The number of carbonyl (C=O) groups excluding carboxylic acids is 3. The Hall–Kier alpha value is -3.85. The minimum Gasteiger partial charge on any atom is -0.446 e. The topological polar surface area (TPSA) is 84.5 Å². The van der Waals surface area contributed by atoms with E-state index in [4.69, 9.17) is 16.3 Å². The average Bonchev–Trinajstić information content (AvgIpc) is 2.82. The first-order valence-electron chi connectivity index (χ1n) is 9.90. The van der Waals surface area contributed by atoms with Crippen molar-refractivity contribution in [2.75, 3.05) is 11.9 Å². The second kappa shape index (κ2) is 10.8. The molecule has 0 bridgehead atoms. The quantitative estimate of drug-likeness (QED) is 0.456. The molecule has 0 unspecified atom stereocenters. The van der Waals surface area contributed by atoms with Gasteiger partial charge in [-0.3, -0.25) is 14.4 Å². The van der Waals surface area contributed by atoms with Crippen LogP contribution in [0.3, 0.4) is 0 Å². The first-order valence-corrected chi connectivity index (χ1v) is 10.3. The highest BCUT2D eigenvalue weighted by molar-refractivity contribution is 6.30. The van der Waals surface area contributed by atoms with Crippen molar-refractivity contribution in [1.29, 1.82) is 0 Å². The summed E-state index contributed by atoms with van der Waals surface area (Å²) < 4.78 is 45.4. The maximum Gasteiger partial charge on any atom is 0.418 e. The number of alkyl halides is 3. The highest BCUT2D eigenvalue weighted by Gasteiger charge is 2.35. The summed E-state index contributed by atoms with van der Waals surface area (Å²) in [6.07, 6.45) is -6.35. The Bertz CT molecular complexity index is 1170. The van der Waals surface area contributed by atoms with Gasteiger partial charge in [-0.2, -0.15) is 13.2 Å². The highest BCUT2D eigenvalue weighted by atomic mass is 35.5. The van der Waals surface area contributed by atoms with Crippen LogP contribution in [0.5, 0.6) is 0 Å². The van der Waals surface area contributed by atoms with Crippen LogP contribution in [0.2, 0.25) is 5.02 Å². The van der Waals surface area contributed by atoms with Crippen LogP contribution >= 0.6 is 11.6 Å². The second-order valence-electron chi connectivity index (χ2n) is 7.01. The number of amides is 2. The van der Waals surface area contributed by atoms with E-state index in [1.54, 1.807) is 48.5 Å². The molecule has 176 valence electrons. The second-order valence-corrected chi connectivity index (χ2v) is 7.44. The zero-order valence-electron chi connectivity index (χ0n) is 17.4. The summed E-state index contributed by atoms with van der Waals surface area (Å²) in [5.74, 6) is -2.50. The lowest BCUT2D eigenvalue weighted by atomic mass is 10.1. The molecule has 3 aromatic rings. The Labute approximate surface area is 197 Å². The van der Waals surface area contributed by atoms with Crippen molar-refractivity contribution in [3.05, 3.63) is 101 Å². The van der Waals surface area contributed by atoms with Crippen molar-refractivity contribution in [2.45, 2.75) is 12.3 Å². The molecule has 0 aromatic heterocycles. The van der Waals surface area contributed by atoms with E-state index in [9.17, 15) is 27.6 Å². The summed E-state index contributed by atoms with van der Waals surface area (Å²) in [7, 11) is 0. The molecule has 0 aliphatic carbocycles. The van der Waals surface area contributed by atoms with E-state index in [-0.39, 0.29) is 10.6 Å². The van der Waals surface area contributed by atoms with Gasteiger partial charge in [0.1, 0.15) is 6.54 Å². The predicted octanol–water partition coefficient (Wildman–Crippen LogP) is 5.01. The number of benzene rings is 3. The Morgan fingerprint density at radius 3 is 2.15 bits per heavy atom. The molecule has 6 nitrogen and oxygen atoms in total. The molecule has 2 N–H and O–H groups in total. The molecule has 0 saturated heterocycles. The Balaban J connectivity index is 1.76. The molecule has 0 spiro atoms. The number of hydrogen-bond acceptors (Lipinski definition) is 4. The van der Waals surface area contributed by atoms with Crippen molar-refractivity contribution in [3.63, 3.8) is 0 Å². The van der Waals surface area contributed by atoms with Gasteiger partial charge in [-0.25, -0.2) is 0 Å². The maximum absolute atomic E-state index is 13.4. The Kier molecular flexibility index (Phi) is 7.91. The first-order chi connectivity index (χ1) is 16.1. The van der Waals surface area contributed by atoms with Gasteiger partial charge < -0.3 is 15.4 Å². The fourth-order valence-electron chi connectivity index (χ4n) is 2.98. The van der Waals surface area contributed by atoms with Crippen LogP contribution in [0.4, 0.5) is 18.9 Å². The summed E-state index contributed by atoms with van der Waals surface area (Å²) in [5.41, 5.74) is -1.15. The molecule has 0 fully saturated rings. The lowest BCUT2D eigenvalue weighted by molar-refractivity contribution is -0.153. The summed E-state index contributed by atoms with van der Waals surface area (Å²) in [6.45, 7) is -0.556. The van der Waals surface area contributed by atoms with Gasteiger partial charge in [0.2, 0.25) is 6.10 Å². The number of anilines is 1. The van der Waals surface area contributed by atoms with Gasteiger partial charge in [0, 0.05) is 16.1 Å². The Morgan fingerprint density at radius 2 is 1.53 bits per heavy atom. The van der Waals surface area contributed by atoms with Crippen molar-refractivity contribution < 1.29 is 32.3 Å². The van der Waals surface area contributed by atoms with Crippen molar-refractivity contribution in [2.24, 2.45) is 0 Å². The zero-order valence-corrected chi connectivity index (χ0v) is 18.2. The number of nitrogens with one attached hydrogen (secondary N) is 2. The molecule has 0 aliphatic heterocycles. The predicted molar refractivity (Wildman–Crippen MR) is 119 cm³/mol. The molecule has 34 heavy (non-hydrogen) atoms. The summed E-state index contributed by atoms with van der Waals surface area (Å²) in [5, 5.41) is 4.37. The molecule has 10 heteroatoms. The van der Waals surface area contributed by atoms with E-state index < -0.39 is 47.9 Å². The number of rotatable bonds is 7. The number of ether oxygens (including phenoxy) is 1. The maximum atomic E-state index is 13.4. The summed E-state index contributed by atoms with van der Waals surface area (Å²) >= 11 is 5.67. The summed E-state index contributed by atoms with van der Waals surface area (Å²) in [6, 6.07) is 18.7. The molecular weight excluding hydrogens is 473 g/mol. The number of hydrogen-bond donors (Lipinski definition) is 2. The van der Waals surface area contributed by atoms with Crippen LogP contribution in [0.25, 0.3) is 0 Å². The van der Waals surface area contributed by atoms with E-state index in [1.165, 1.54) is 18.2 Å². The van der Waals surface area contributed by atoms with Gasteiger partial charge in [-0.05, 0) is 30.3 Å². The molecule has 0 saturated carbocycles. The smallest absolute Gasteiger partial charge is 0.418 e. The SMILES string of the molecule is O=C(CNC(=O)c1ccccc1)O[C@@H](C(=O)Nc1ccc(Cl)cc1C(F)(F)F)c1ccccc1. The molecule has 0 aliphatic rings. The molecule has 0 heterocycles. The Morgan fingerprint density at radius 1 is 0.912 bits per heavy atom. The fraction of sp³-hybridized carbons (Fsp3) is 0.125. The first kappa shape index (κ1) is 24.8. The molecular formula is C24H18ClF3N2O4. The number of halogens is 4. The van der Waals surface area contributed by atoms with Crippen LogP contribution in [0.1, 0.15) is 27.6 Å². The standard InChI is InChI=1S/C24H18ClF3N2O4/c25-17-11-12-19(18(13-17)24(26,27)28)30-23(33)21(15-7-3-1-4-8-15)34-20(31)14-29-22(32)16-9-5-2-6-10-16/h1-13,21H,14H2,(H,29,32)(H,30,33)/t21-/m1/s1. The number of carbonyl (C=O) groups is 3. The average molecular weight is 491 g/mol. The van der Waals surface area contributed by atoms with Crippen LogP contribution in [0.15, 0.2) is 78.9 Å². The number of esters is 1. The van der Waals surface area contributed by atoms with Gasteiger partial charge in [0.25, 0.3) is 11.8 Å². The minimum absolute atomic E-state index is 0.162. The largest absolute Gasteiger partial charge is 0.446 e. The third-order valence-electron chi connectivity index (χ3n) is 4.56. The molecule has 1 atom stereocenters. The third kappa shape index (κ3) is 6.58. The van der Waals surface area contributed by atoms with Crippen LogP contribution < -0.4 is 10.6 Å². The van der Waals surface area contributed by atoms with Gasteiger partial charge in [0.15, 0.2) is 0 Å². The third-order valence-corrected chi connectivity index (χ3v) is 4.80.